The summed E-state index contributed by atoms with van der Waals surface area (Å²) in [5, 5.41) is 1.21. The van der Waals surface area contributed by atoms with Crippen LogP contribution in [0.4, 0.5) is 0 Å². The molecule has 2 rings (SSSR count). The van der Waals surface area contributed by atoms with Crippen molar-refractivity contribution in [2.75, 3.05) is 0 Å². The number of hydrogen-bond donors (Lipinski definition) is 0. The summed E-state index contributed by atoms with van der Waals surface area (Å²) < 4.78 is 0. The Balaban J connectivity index is 2.00. The first-order valence-corrected chi connectivity index (χ1v) is 5.91. The van der Waals surface area contributed by atoms with Crippen LogP contribution in [0, 0.1) is 19.8 Å². The third kappa shape index (κ3) is 2.03. The highest BCUT2D eigenvalue weighted by atomic mass is 32.1. The molecule has 0 bridgehead atoms. The van der Waals surface area contributed by atoms with Crippen molar-refractivity contribution >= 4 is 17.1 Å². The summed E-state index contributed by atoms with van der Waals surface area (Å²) in [6.07, 6.45) is 3.63. The van der Waals surface area contributed by atoms with E-state index >= 15 is 0 Å². The van der Waals surface area contributed by atoms with Gasteiger partial charge in [0.25, 0.3) is 0 Å². The van der Waals surface area contributed by atoms with Gasteiger partial charge in [0.15, 0.2) is 0 Å². The normalized spacial score (nSPS) is 21.9. The first kappa shape index (κ1) is 9.84. The first-order chi connectivity index (χ1) is 6.65. The van der Waals surface area contributed by atoms with E-state index in [0.717, 1.165) is 31.4 Å². The number of Topliss-reactive ketones (excluding diaryl/α,β-unsaturated/α-hetero) is 1. The van der Waals surface area contributed by atoms with Crippen LogP contribution in [0.15, 0.2) is 0 Å². The maximum absolute atomic E-state index is 11.1. The molecule has 0 spiro atoms. The Morgan fingerprint density at radius 3 is 2.79 bits per heavy atom. The van der Waals surface area contributed by atoms with E-state index in [1.54, 1.807) is 11.3 Å². The van der Waals surface area contributed by atoms with Crippen molar-refractivity contribution in [1.29, 1.82) is 0 Å². The summed E-state index contributed by atoms with van der Waals surface area (Å²) in [6.45, 7) is 4.16. The number of ketones is 1. The minimum absolute atomic E-state index is 0.431. The van der Waals surface area contributed by atoms with Gasteiger partial charge in [-0.05, 0) is 26.2 Å². The molecule has 0 aliphatic heterocycles. The van der Waals surface area contributed by atoms with E-state index in [1.165, 1.54) is 9.88 Å². The summed E-state index contributed by atoms with van der Waals surface area (Å²) in [5.41, 5.74) is 1.15. The fraction of sp³-hybridized carbons (Fsp3) is 0.636. The van der Waals surface area contributed by atoms with Crippen molar-refractivity contribution in [2.45, 2.75) is 39.5 Å². The number of nitrogens with zero attached hydrogens (tertiary/aromatic N) is 1. The molecule has 0 radical (unpaired) electrons. The zero-order chi connectivity index (χ0) is 10.1. The predicted octanol–water partition coefficient (Wildman–Crippen LogP) is 2.67. The number of aromatic nitrogens is 1. The minimum Gasteiger partial charge on any atom is -0.300 e. The summed E-state index contributed by atoms with van der Waals surface area (Å²) in [5.74, 6) is 0.993. The van der Waals surface area contributed by atoms with Gasteiger partial charge in [0.1, 0.15) is 5.78 Å². The molecule has 1 aliphatic rings. The van der Waals surface area contributed by atoms with Crippen LogP contribution in [0.1, 0.15) is 34.8 Å². The number of rotatable bonds is 2. The highest BCUT2D eigenvalue weighted by Gasteiger charge is 2.23. The molecule has 1 aromatic heterocycles. The fourth-order valence-electron chi connectivity index (χ4n) is 1.94. The van der Waals surface area contributed by atoms with Crippen molar-refractivity contribution in [1.82, 2.24) is 4.98 Å². The lowest BCUT2D eigenvalue weighted by Gasteiger charge is -2.03. The molecule has 1 fully saturated rings. The average Bonchev–Trinajstić information content (AvgIpc) is 2.62. The molecule has 1 aromatic rings. The molecule has 14 heavy (non-hydrogen) atoms. The number of carbonyl (C=O) groups is 1. The largest absolute Gasteiger partial charge is 0.300 e. The molecule has 1 saturated carbocycles. The van der Waals surface area contributed by atoms with Gasteiger partial charge < -0.3 is 0 Å². The lowest BCUT2D eigenvalue weighted by Crippen LogP contribution is -1.99. The van der Waals surface area contributed by atoms with Crippen molar-refractivity contribution in [3.8, 4) is 0 Å². The monoisotopic (exact) mass is 209 g/mol. The highest BCUT2D eigenvalue weighted by Crippen LogP contribution is 2.28. The van der Waals surface area contributed by atoms with Gasteiger partial charge in [-0.25, -0.2) is 4.98 Å². The Hall–Kier alpha value is -0.700. The lowest BCUT2D eigenvalue weighted by atomic mass is 10.1. The van der Waals surface area contributed by atoms with Gasteiger partial charge in [-0.3, -0.25) is 4.79 Å². The second-order valence-corrected chi connectivity index (χ2v) is 5.39. The van der Waals surface area contributed by atoms with E-state index < -0.39 is 0 Å². The zero-order valence-corrected chi connectivity index (χ0v) is 9.49. The van der Waals surface area contributed by atoms with Crippen molar-refractivity contribution in [3.05, 3.63) is 15.6 Å². The van der Waals surface area contributed by atoms with Crippen LogP contribution in [0.3, 0.4) is 0 Å². The van der Waals surface area contributed by atoms with Gasteiger partial charge in [-0.2, -0.15) is 0 Å². The SMILES string of the molecule is Cc1nc(CC2CCC(=O)C2)sc1C. The van der Waals surface area contributed by atoms with Crippen molar-refractivity contribution in [2.24, 2.45) is 5.92 Å². The van der Waals surface area contributed by atoms with Crippen LogP contribution >= 0.6 is 11.3 Å². The molecule has 0 saturated heterocycles. The molecular formula is C11H15NOS. The van der Waals surface area contributed by atoms with E-state index in [0.29, 0.717) is 11.7 Å². The number of hydrogen-bond acceptors (Lipinski definition) is 3. The van der Waals surface area contributed by atoms with E-state index in [2.05, 4.69) is 18.8 Å². The first-order valence-electron chi connectivity index (χ1n) is 5.09. The zero-order valence-electron chi connectivity index (χ0n) is 8.67. The maximum atomic E-state index is 11.1. The van der Waals surface area contributed by atoms with Crippen LogP contribution in [0.5, 0.6) is 0 Å². The third-order valence-electron chi connectivity index (χ3n) is 2.88. The number of carbonyl (C=O) groups excluding carboxylic acids is 1. The maximum Gasteiger partial charge on any atom is 0.133 e. The van der Waals surface area contributed by atoms with E-state index in [9.17, 15) is 4.79 Å². The summed E-state index contributed by atoms with van der Waals surface area (Å²) in [7, 11) is 0. The van der Waals surface area contributed by atoms with Crippen LogP contribution in [-0.4, -0.2) is 10.8 Å². The third-order valence-corrected chi connectivity index (χ3v) is 3.98. The Morgan fingerprint density at radius 2 is 2.29 bits per heavy atom. The number of aryl methyl sites for hydroxylation is 2. The second-order valence-electron chi connectivity index (χ2n) is 4.10. The van der Waals surface area contributed by atoms with Gasteiger partial charge >= 0.3 is 0 Å². The highest BCUT2D eigenvalue weighted by molar-refractivity contribution is 7.11. The molecule has 1 atom stereocenters. The summed E-state index contributed by atoms with van der Waals surface area (Å²) in [4.78, 5) is 16.9. The van der Waals surface area contributed by atoms with E-state index in [1.807, 2.05) is 0 Å². The molecule has 1 heterocycles. The van der Waals surface area contributed by atoms with Crippen molar-refractivity contribution < 1.29 is 4.79 Å². The molecule has 1 aliphatic carbocycles. The average molecular weight is 209 g/mol. The van der Waals surface area contributed by atoms with Gasteiger partial charge in [0, 0.05) is 24.1 Å². The molecule has 1 unspecified atom stereocenters. The fourth-order valence-corrected chi connectivity index (χ4v) is 2.99. The minimum atomic E-state index is 0.431. The van der Waals surface area contributed by atoms with Gasteiger partial charge in [-0.15, -0.1) is 11.3 Å². The Morgan fingerprint density at radius 1 is 1.50 bits per heavy atom. The Kier molecular flexibility index (Phi) is 2.68. The van der Waals surface area contributed by atoms with Gasteiger partial charge in [0.2, 0.25) is 0 Å². The molecule has 76 valence electrons. The molecule has 3 heteroatoms. The van der Waals surface area contributed by atoms with Gasteiger partial charge in [0.05, 0.1) is 10.7 Å². The van der Waals surface area contributed by atoms with E-state index in [-0.39, 0.29) is 0 Å². The van der Waals surface area contributed by atoms with E-state index in [4.69, 9.17) is 0 Å². The van der Waals surface area contributed by atoms with Crippen molar-refractivity contribution in [3.63, 3.8) is 0 Å². The summed E-state index contributed by atoms with van der Waals surface area (Å²) >= 11 is 1.78. The van der Waals surface area contributed by atoms with Gasteiger partial charge in [-0.1, -0.05) is 0 Å². The smallest absolute Gasteiger partial charge is 0.133 e. The number of thiazole rings is 1. The Bertz CT molecular complexity index is 337. The molecule has 2 nitrogen and oxygen atoms in total. The molecule has 0 aromatic carbocycles. The van der Waals surface area contributed by atoms with Crippen LogP contribution in [-0.2, 0) is 11.2 Å². The Labute approximate surface area is 88.4 Å². The van der Waals surface area contributed by atoms with Crippen LogP contribution in [0.2, 0.25) is 0 Å². The lowest BCUT2D eigenvalue weighted by molar-refractivity contribution is -0.117. The van der Waals surface area contributed by atoms with Crippen LogP contribution < -0.4 is 0 Å². The molecule has 0 amide bonds. The van der Waals surface area contributed by atoms with Crippen LogP contribution in [0.25, 0.3) is 0 Å². The quantitative estimate of drug-likeness (QED) is 0.749. The topological polar surface area (TPSA) is 30.0 Å². The molecule has 0 N–H and O–H groups in total. The molecular weight excluding hydrogens is 194 g/mol. The second kappa shape index (κ2) is 3.81. The summed E-state index contributed by atoms with van der Waals surface area (Å²) in [6, 6.07) is 0. The standard InChI is InChI=1S/C11H15NOS/c1-7-8(2)14-11(12-7)6-9-3-4-10(13)5-9/h9H,3-6H2,1-2H3. The predicted molar refractivity (Wildman–Crippen MR) is 57.6 cm³/mol.